The van der Waals surface area contributed by atoms with E-state index < -0.39 is 0 Å². The summed E-state index contributed by atoms with van der Waals surface area (Å²) in [7, 11) is 0. The Labute approximate surface area is 82.0 Å². The van der Waals surface area contributed by atoms with Crippen LogP contribution in [0, 0.1) is 0 Å². The molecule has 0 fully saturated rings. The lowest BCUT2D eigenvalue weighted by atomic mass is 9.96. The van der Waals surface area contributed by atoms with Crippen LogP contribution in [0.3, 0.4) is 0 Å². The smallest absolute Gasteiger partial charge is 0.254 e. The molecule has 2 N–H and O–H groups in total. The molecule has 0 aliphatic rings. The fraction of sp³-hybridized carbons (Fsp3) is 0.444. The van der Waals surface area contributed by atoms with E-state index in [2.05, 4.69) is 35.8 Å². The van der Waals surface area contributed by atoms with Gasteiger partial charge in [-0.2, -0.15) is 9.50 Å². The van der Waals surface area contributed by atoms with E-state index >= 15 is 0 Å². The summed E-state index contributed by atoms with van der Waals surface area (Å²) in [5.74, 6) is 1.86. The predicted molar refractivity (Wildman–Crippen MR) is 53.9 cm³/mol. The van der Waals surface area contributed by atoms with E-state index in [0.717, 1.165) is 5.82 Å². The zero-order chi connectivity index (χ0) is 10.3. The SMILES string of the molecule is CC(C)(C)c1nc2nccc(N)n2n1. The Balaban J connectivity index is 2.69. The second-order valence-electron chi connectivity index (χ2n) is 4.27. The van der Waals surface area contributed by atoms with Gasteiger partial charge in [-0.1, -0.05) is 20.8 Å². The third-order valence-corrected chi connectivity index (χ3v) is 1.94. The first-order valence-corrected chi connectivity index (χ1v) is 4.46. The van der Waals surface area contributed by atoms with Gasteiger partial charge >= 0.3 is 0 Å². The second-order valence-corrected chi connectivity index (χ2v) is 4.27. The number of aromatic nitrogens is 4. The molecule has 5 heteroatoms. The molecule has 0 aromatic carbocycles. The fourth-order valence-corrected chi connectivity index (χ4v) is 1.13. The number of nitrogen functional groups attached to an aromatic ring is 1. The van der Waals surface area contributed by atoms with E-state index in [0.29, 0.717) is 11.6 Å². The van der Waals surface area contributed by atoms with Gasteiger partial charge in [0.25, 0.3) is 5.78 Å². The van der Waals surface area contributed by atoms with Crippen LogP contribution in [0.15, 0.2) is 12.3 Å². The summed E-state index contributed by atoms with van der Waals surface area (Å²) in [6, 6.07) is 1.70. The Morgan fingerprint density at radius 2 is 2.07 bits per heavy atom. The van der Waals surface area contributed by atoms with Crippen molar-refractivity contribution in [2.75, 3.05) is 5.73 Å². The highest BCUT2D eigenvalue weighted by Gasteiger charge is 2.20. The molecule has 0 atom stereocenters. The van der Waals surface area contributed by atoms with Gasteiger partial charge in [-0.25, -0.2) is 4.98 Å². The van der Waals surface area contributed by atoms with Crippen molar-refractivity contribution in [1.29, 1.82) is 0 Å². The Morgan fingerprint density at radius 3 is 2.64 bits per heavy atom. The highest BCUT2D eigenvalue weighted by Crippen LogP contribution is 2.18. The quantitative estimate of drug-likeness (QED) is 0.674. The predicted octanol–water partition coefficient (Wildman–Crippen LogP) is 1.00. The molecule has 0 saturated heterocycles. The van der Waals surface area contributed by atoms with Crippen LogP contribution in [-0.2, 0) is 5.41 Å². The minimum absolute atomic E-state index is 0.0832. The molecule has 0 saturated carbocycles. The number of fused-ring (bicyclic) bond motifs is 1. The highest BCUT2D eigenvalue weighted by molar-refractivity contribution is 5.39. The molecule has 0 radical (unpaired) electrons. The maximum absolute atomic E-state index is 5.73. The Morgan fingerprint density at radius 1 is 1.36 bits per heavy atom. The number of nitrogens with two attached hydrogens (primary N) is 1. The lowest BCUT2D eigenvalue weighted by Crippen LogP contribution is -2.13. The minimum atomic E-state index is -0.0832. The second kappa shape index (κ2) is 2.67. The molecule has 74 valence electrons. The molecule has 14 heavy (non-hydrogen) atoms. The molecule has 0 aliphatic carbocycles. The largest absolute Gasteiger partial charge is 0.383 e. The molecule has 0 amide bonds. The normalized spacial score (nSPS) is 12.2. The summed E-state index contributed by atoms with van der Waals surface area (Å²) in [4.78, 5) is 8.39. The number of hydrogen-bond donors (Lipinski definition) is 1. The van der Waals surface area contributed by atoms with Crippen molar-refractivity contribution >= 4 is 11.6 Å². The van der Waals surface area contributed by atoms with Gasteiger partial charge in [0.1, 0.15) is 5.82 Å². The van der Waals surface area contributed by atoms with Gasteiger partial charge in [0.15, 0.2) is 5.82 Å². The monoisotopic (exact) mass is 191 g/mol. The molecule has 0 bridgehead atoms. The van der Waals surface area contributed by atoms with Crippen LogP contribution in [0.1, 0.15) is 26.6 Å². The van der Waals surface area contributed by atoms with E-state index in [4.69, 9.17) is 5.73 Å². The fourth-order valence-electron chi connectivity index (χ4n) is 1.13. The molecule has 2 aromatic rings. The minimum Gasteiger partial charge on any atom is -0.383 e. The average Bonchev–Trinajstić information content (AvgIpc) is 2.48. The first-order valence-electron chi connectivity index (χ1n) is 4.46. The Bertz CT molecular complexity index is 465. The molecule has 0 spiro atoms. The zero-order valence-electron chi connectivity index (χ0n) is 8.52. The van der Waals surface area contributed by atoms with E-state index in [-0.39, 0.29) is 5.41 Å². The Kier molecular flexibility index (Phi) is 1.70. The van der Waals surface area contributed by atoms with Gasteiger partial charge in [-0.15, -0.1) is 5.10 Å². The lowest BCUT2D eigenvalue weighted by molar-refractivity contribution is 0.546. The van der Waals surface area contributed by atoms with Crippen molar-refractivity contribution in [1.82, 2.24) is 19.6 Å². The molecular formula is C9H13N5. The van der Waals surface area contributed by atoms with E-state index in [1.54, 1.807) is 16.8 Å². The van der Waals surface area contributed by atoms with E-state index in [1.807, 2.05) is 0 Å². The zero-order valence-corrected chi connectivity index (χ0v) is 8.52. The molecule has 0 aliphatic heterocycles. The summed E-state index contributed by atoms with van der Waals surface area (Å²) in [6.45, 7) is 6.16. The maximum Gasteiger partial charge on any atom is 0.254 e. The standard InChI is InChI=1S/C9H13N5/c1-9(2,3)7-12-8-11-5-4-6(10)14(8)13-7/h4-5H,10H2,1-3H3. The third-order valence-electron chi connectivity index (χ3n) is 1.94. The number of hydrogen-bond acceptors (Lipinski definition) is 4. The number of nitrogens with zero attached hydrogens (tertiary/aromatic N) is 4. The average molecular weight is 191 g/mol. The van der Waals surface area contributed by atoms with Gasteiger partial charge in [-0.05, 0) is 6.07 Å². The summed E-state index contributed by atoms with van der Waals surface area (Å²) in [6.07, 6.45) is 1.63. The lowest BCUT2D eigenvalue weighted by Gasteiger charge is -2.11. The van der Waals surface area contributed by atoms with Crippen LogP contribution in [-0.4, -0.2) is 19.6 Å². The van der Waals surface area contributed by atoms with Crippen LogP contribution >= 0.6 is 0 Å². The maximum atomic E-state index is 5.73. The van der Waals surface area contributed by atoms with Crippen molar-refractivity contribution in [2.45, 2.75) is 26.2 Å². The molecule has 2 rings (SSSR count). The van der Waals surface area contributed by atoms with Crippen LogP contribution in [0.25, 0.3) is 5.78 Å². The van der Waals surface area contributed by atoms with Gasteiger partial charge in [-0.3, -0.25) is 0 Å². The van der Waals surface area contributed by atoms with Crippen molar-refractivity contribution in [3.8, 4) is 0 Å². The molecule has 2 aromatic heterocycles. The van der Waals surface area contributed by atoms with Crippen LogP contribution in [0.2, 0.25) is 0 Å². The van der Waals surface area contributed by atoms with Crippen molar-refractivity contribution in [3.05, 3.63) is 18.1 Å². The summed E-state index contributed by atoms with van der Waals surface area (Å²) in [5.41, 5.74) is 5.65. The van der Waals surface area contributed by atoms with Crippen LogP contribution in [0.5, 0.6) is 0 Å². The van der Waals surface area contributed by atoms with Gasteiger partial charge in [0, 0.05) is 11.6 Å². The van der Waals surface area contributed by atoms with E-state index in [1.165, 1.54) is 0 Å². The Hall–Kier alpha value is -1.65. The molecule has 2 heterocycles. The summed E-state index contributed by atoms with van der Waals surface area (Å²) < 4.78 is 1.56. The van der Waals surface area contributed by atoms with Crippen LogP contribution < -0.4 is 5.73 Å². The van der Waals surface area contributed by atoms with Gasteiger partial charge in [0.05, 0.1) is 0 Å². The van der Waals surface area contributed by atoms with Crippen molar-refractivity contribution in [2.24, 2.45) is 0 Å². The molecule has 0 unspecified atom stereocenters. The summed E-state index contributed by atoms with van der Waals surface area (Å²) >= 11 is 0. The number of anilines is 1. The summed E-state index contributed by atoms with van der Waals surface area (Å²) in [5, 5.41) is 4.30. The molecule has 5 nitrogen and oxygen atoms in total. The number of rotatable bonds is 0. The van der Waals surface area contributed by atoms with Gasteiger partial charge < -0.3 is 5.73 Å². The first kappa shape index (κ1) is 8.93. The van der Waals surface area contributed by atoms with Crippen molar-refractivity contribution < 1.29 is 0 Å². The van der Waals surface area contributed by atoms with Gasteiger partial charge in [0.2, 0.25) is 0 Å². The third kappa shape index (κ3) is 1.30. The highest BCUT2D eigenvalue weighted by atomic mass is 15.4. The van der Waals surface area contributed by atoms with Crippen molar-refractivity contribution in [3.63, 3.8) is 0 Å². The van der Waals surface area contributed by atoms with Crippen LogP contribution in [0.4, 0.5) is 5.82 Å². The first-order chi connectivity index (χ1) is 6.48. The molecular weight excluding hydrogens is 178 g/mol. The van der Waals surface area contributed by atoms with E-state index in [9.17, 15) is 0 Å². The topological polar surface area (TPSA) is 69.1 Å².